The fourth-order valence-electron chi connectivity index (χ4n) is 3.15. The standard InChI is InChI=1S/C20H22F3N3O3/c1-14-5-6-17(18(27)24-14)19(28)26(8-7-25-9-11-29-12-10-25)16-4-2-3-15(13-16)20(21,22)23/h2-6,13H,7-12H2,1H3,(H,24,27). The number of amides is 1. The Morgan fingerprint density at radius 3 is 2.59 bits per heavy atom. The summed E-state index contributed by atoms with van der Waals surface area (Å²) >= 11 is 0. The van der Waals surface area contributed by atoms with Crippen LogP contribution < -0.4 is 10.5 Å². The molecule has 0 spiro atoms. The first kappa shape index (κ1) is 21.1. The number of halogens is 3. The van der Waals surface area contributed by atoms with Gasteiger partial charge in [-0.2, -0.15) is 13.2 Å². The summed E-state index contributed by atoms with van der Waals surface area (Å²) in [6.07, 6.45) is -4.53. The minimum absolute atomic E-state index is 0.0954. The second-order valence-corrected chi connectivity index (χ2v) is 6.84. The summed E-state index contributed by atoms with van der Waals surface area (Å²) in [6, 6.07) is 7.56. The van der Waals surface area contributed by atoms with Crippen molar-refractivity contribution < 1.29 is 22.7 Å². The number of nitrogens with zero attached hydrogens (tertiary/aromatic N) is 2. The highest BCUT2D eigenvalue weighted by atomic mass is 19.4. The molecule has 0 bridgehead atoms. The van der Waals surface area contributed by atoms with Crippen molar-refractivity contribution in [1.82, 2.24) is 9.88 Å². The Hall–Kier alpha value is -2.65. The summed E-state index contributed by atoms with van der Waals surface area (Å²) < 4.78 is 44.8. The van der Waals surface area contributed by atoms with Gasteiger partial charge in [0.15, 0.2) is 0 Å². The van der Waals surface area contributed by atoms with Crippen molar-refractivity contribution in [3.63, 3.8) is 0 Å². The van der Waals surface area contributed by atoms with Crippen LogP contribution in [0.25, 0.3) is 0 Å². The number of carbonyl (C=O) groups excluding carboxylic acids is 1. The van der Waals surface area contributed by atoms with Crippen LogP contribution in [0.15, 0.2) is 41.2 Å². The Bertz CT molecular complexity index is 921. The number of aromatic nitrogens is 1. The first-order valence-electron chi connectivity index (χ1n) is 9.25. The van der Waals surface area contributed by atoms with Crippen molar-refractivity contribution in [2.45, 2.75) is 13.1 Å². The summed E-state index contributed by atoms with van der Waals surface area (Å²) in [5.74, 6) is -0.640. The number of aromatic amines is 1. The van der Waals surface area contributed by atoms with Crippen LogP contribution in [0.4, 0.5) is 18.9 Å². The van der Waals surface area contributed by atoms with Crippen LogP contribution in [0, 0.1) is 6.92 Å². The number of carbonyl (C=O) groups is 1. The van der Waals surface area contributed by atoms with Gasteiger partial charge < -0.3 is 14.6 Å². The predicted molar refractivity (Wildman–Crippen MR) is 102 cm³/mol. The van der Waals surface area contributed by atoms with Gasteiger partial charge in [0.1, 0.15) is 5.56 Å². The van der Waals surface area contributed by atoms with Crippen molar-refractivity contribution >= 4 is 11.6 Å². The Morgan fingerprint density at radius 2 is 1.93 bits per heavy atom. The van der Waals surface area contributed by atoms with Gasteiger partial charge in [-0.05, 0) is 37.3 Å². The molecule has 0 saturated carbocycles. The minimum atomic E-state index is -4.53. The number of hydrogen-bond donors (Lipinski definition) is 1. The number of ether oxygens (including phenoxy) is 1. The van der Waals surface area contributed by atoms with Crippen LogP contribution in [0.2, 0.25) is 0 Å². The lowest BCUT2D eigenvalue weighted by Crippen LogP contribution is -2.44. The van der Waals surface area contributed by atoms with E-state index in [1.54, 1.807) is 13.0 Å². The Kier molecular flexibility index (Phi) is 6.39. The van der Waals surface area contributed by atoms with Gasteiger partial charge >= 0.3 is 6.18 Å². The van der Waals surface area contributed by atoms with Gasteiger partial charge in [0.05, 0.1) is 18.8 Å². The zero-order valence-corrected chi connectivity index (χ0v) is 16.0. The summed E-state index contributed by atoms with van der Waals surface area (Å²) in [5.41, 5.74) is -0.853. The van der Waals surface area contributed by atoms with Crippen LogP contribution in [-0.2, 0) is 10.9 Å². The lowest BCUT2D eigenvalue weighted by Gasteiger charge is -2.30. The maximum atomic E-state index is 13.2. The molecule has 2 aromatic rings. The minimum Gasteiger partial charge on any atom is -0.379 e. The number of benzene rings is 1. The first-order valence-corrected chi connectivity index (χ1v) is 9.25. The fourth-order valence-corrected chi connectivity index (χ4v) is 3.15. The number of nitrogens with one attached hydrogen (secondary N) is 1. The maximum absolute atomic E-state index is 13.2. The number of anilines is 1. The van der Waals surface area contributed by atoms with Crippen molar-refractivity contribution in [3.05, 3.63) is 63.6 Å². The molecule has 1 aromatic carbocycles. The Balaban J connectivity index is 1.92. The normalized spacial score (nSPS) is 15.3. The van der Waals surface area contributed by atoms with E-state index in [1.165, 1.54) is 23.1 Å². The SMILES string of the molecule is Cc1ccc(C(=O)N(CCN2CCOCC2)c2cccc(C(F)(F)F)c2)c(=O)[nH]1. The topological polar surface area (TPSA) is 65.6 Å². The molecule has 1 aromatic heterocycles. The summed E-state index contributed by atoms with van der Waals surface area (Å²) in [6.45, 7) is 4.76. The number of hydrogen-bond acceptors (Lipinski definition) is 4. The molecule has 0 atom stereocenters. The van der Waals surface area contributed by atoms with Crippen LogP contribution in [0.3, 0.4) is 0 Å². The molecule has 29 heavy (non-hydrogen) atoms. The van der Waals surface area contributed by atoms with Gasteiger partial charge in [-0.15, -0.1) is 0 Å². The molecule has 0 aliphatic carbocycles. The van der Waals surface area contributed by atoms with E-state index < -0.39 is 23.2 Å². The van der Waals surface area contributed by atoms with Crippen LogP contribution >= 0.6 is 0 Å². The van der Waals surface area contributed by atoms with Crippen molar-refractivity contribution in [3.8, 4) is 0 Å². The quantitative estimate of drug-likeness (QED) is 0.825. The molecular formula is C20H22F3N3O3. The van der Waals surface area contributed by atoms with Gasteiger partial charge in [0.25, 0.3) is 11.5 Å². The molecule has 0 radical (unpaired) electrons. The highest BCUT2D eigenvalue weighted by molar-refractivity contribution is 6.05. The molecule has 2 heterocycles. The van der Waals surface area contributed by atoms with Crippen molar-refractivity contribution in [1.29, 1.82) is 0 Å². The second-order valence-electron chi connectivity index (χ2n) is 6.84. The van der Waals surface area contributed by atoms with E-state index in [1.807, 2.05) is 0 Å². The van der Waals surface area contributed by atoms with E-state index in [-0.39, 0.29) is 17.8 Å². The lowest BCUT2D eigenvalue weighted by molar-refractivity contribution is -0.137. The average Bonchev–Trinajstić information content (AvgIpc) is 2.68. The predicted octanol–water partition coefficient (Wildman–Crippen LogP) is 2.68. The smallest absolute Gasteiger partial charge is 0.379 e. The molecule has 1 saturated heterocycles. The number of aryl methyl sites for hydroxylation is 1. The fraction of sp³-hybridized carbons (Fsp3) is 0.400. The second kappa shape index (κ2) is 8.79. The number of morpholine rings is 1. The van der Waals surface area contributed by atoms with Crippen LogP contribution in [0.1, 0.15) is 21.6 Å². The van der Waals surface area contributed by atoms with Crippen molar-refractivity contribution in [2.75, 3.05) is 44.3 Å². The molecule has 9 heteroatoms. The highest BCUT2D eigenvalue weighted by Crippen LogP contribution is 2.32. The molecule has 1 N–H and O–H groups in total. The largest absolute Gasteiger partial charge is 0.416 e. The molecule has 6 nitrogen and oxygen atoms in total. The molecule has 1 fully saturated rings. The number of rotatable bonds is 5. The third kappa shape index (κ3) is 5.24. The Labute approximate surface area is 165 Å². The summed E-state index contributed by atoms with van der Waals surface area (Å²) in [5, 5.41) is 0. The zero-order chi connectivity index (χ0) is 21.0. The van der Waals surface area contributed by atoms with E-state index in [0.29, 0.717) is 38.5 Å². The van der Waals surface area contributed by atoms with Crippen LogP contribution in [-0.4, -0.2) is 55.2 Å². The first-order chi connectivity index (χ1) is 13.8. The molecule has 3 rings (SSSR count). The van der Waals surface area contributed by atoms with E-state index >= 15 is 0 Å². The van der Waals surface area contributed by atoms with Gasteiger partial charge in [0, 0.05) is 37.6 Å². The average molecular weight is 409 g/mol. The molecule has 1 aliphatic heterocycles. The van der Waals surface area contributed by atoms with Gasteiger partial charge in [0.2, 0.25) is 0 Å². The third-order valence-electron chi connectivity index (χ3n) is 4.76. The van der Waals surface area contributed by atoms with Gasteiger partial charge in [-0.1, -0.05) is 6.07 Å². The van der Waals surface area contributed by atoms with Crippen molar-refractivity contribution in [2.24, 2.45) is 0 Å². The van der Waals surface area contributed by atoms with E-state index in [0.717, 1.165) is 12.1 Å². The third-order valence-corrected chi connectivity index (χ3v) is 4.76. The van der Waals surface area contributed by atoms with Crippen LogP contribution in [0.5, 0.6) is 0 Å². The zero-order valence-electron chi connectivity index (χ0n) is 16.0. The monoisotopic (exact) mass is 409 g/mol. The molecule has 0 unspecified atom stereocenters. The molecule has 1 amide bonds. The highest BCUT2D eigenvalue weighted by Gasteiger charge is 2.31. The molecule has 156 valence electrons. The van der Waals surface area contributed by atoms with E-state index in [4.69, 9.17) is 4.74 Å². The summed E-state index contributed by atoms with van der Waals surface area (Å²) in [4.78, 5) is 31.2. The van der Waals surface area contributed by atoms with E-state index in [9.17, 15) is 22.8 Å². The molecular weight excluding hydrogens is 387 g/mol. The molecule has 1 aliphatic rings. The summed E-state index contributed by atoms with van der Waals surface area (Å²) in [7, 11) is 0. The number of alkyl halides is 3. The number of H-pyrrole nitrogens is 1. The van der Waals surface area contributed by atoms with Gasteiger partial charge in [-0.3, -0.25) is 14.5 Å². The van der Waals surface area contributed by atoms with Gasteiger partial charge in [-0.25, -0.2) is 0 Å². The van der Waals surface area contributed by atoms with E-state index in [2.05, 4.69) is 9.88 Å². The lowest BCUT2D eigenvalue weighted by atomic mass is 10.1. The number of pyridine rings is 1. The maximum Gasteiger partial charge on any atom is 0.416 e. The Morgan fingerprint density at radius 1 is 1.21 bits per heavy atom.